The fraction of sp³-hybridized carbons (Fsp3) is 0.895. The predicted octanol–water partition coefficient (Wildman–Crippen LogP) is 9.46. The van der Waals surface area contributed by atoms with Crippen molar-refractivity contribution in [3.63, 3.8) is 0 Å². The van der Waals surface area contributed by atoms with Crippen LogP contribution in [0, 0.1) is 12.0 Å². The molecule has 0 atom stereocenters. The molecule has 0 rings (SSSR count). The highest BCUT2D eigenvalue weighted by atomic mass is 28.3. The van der Waals surface area contributed by atoms with Crippen molar-refractivity contribution in [2.45, 2.75) is 105 Å². The second-order valence-electron chi connectivity index (χ2n) is 9.22. The lowest BCUT2D eigenvalue weighted by atomic mass is 9.83. The van der Waals surface area contributed by atoms with Crippen molar-refractivity contribution < 1.29 is 83.4 Å². The van der Waals surface area contributed by atoms with Crippen LogP contribution in [0.5, 0.6) is 0 Å². The number of alkyl halides is 19. The Labute approximate surface area is 209 Å². The van der Waals surface area contributed by atoms with Gasteiger partial charge in [0.05, 0.1) is 0 Å². The molecule has 0 aromatic heterocycles. The van der Waals surface area contributed by atoms with E-state index in [0.717, 1.165) is 0 Å². The highest BCUT2D eigenvalue weighted by molar-refractivity contribution is 6.89. The van der Waals surface area contributed by atoms with Gasteiger partial charge in [-0.1, -0.05) is 27.7 Å². The summed E-state index contributed by atoms with van der Waals surface area (Å²) in [7, 11) is -3.64. The number of rotatable bonds is 11. The molecular formula is C19H19F19Si. The highest BCUT2D eigenvalue weighted by Crippen LogP contribution is 2.66. The van der Waals surface area contributed by atoms with Crippen molar-refractivity contribution >= 4 is 8.07 Å². The van der Waals surface area contributed by atoms with Gasteiger partial charge < -0.3 is 0 Å². The van der Waals surface area contributed by atoms with Crippen LogP contribution >= 0.6 is 0 Å². The summed E-state index contributed by atoms with van der Waals surface area (Å²) in [6.07, 6.45) is -13.9. The fourth-order valence-corrected chi connectivity index (χ4v) is 7.75. The quantitative estimate of drug-likeness (QED) is 0.120. The summed E-state index contributed by atoms with van der Waals surface area (Å²) < 4.78 is 256. The van der Waals surface area contributed by atoms with Gasteiger partial charge in [0.1, 0.15) is 8.07 Å². The first kappa shape index (κ1) is 37.4. The largest absolute Gasteiger partial charge is 0.438 e. The lowest BCUT2D eigenvalue weighted by Gasteiger charge is -2.45. The van der Waals surface area contributed by atoms with Gasteiger partial charge in [0.25, 0.3) is 0 Å². The van der Waals surface area contributed by atoms with Crippen LogP contribution in [0.15, 0.2) is 0 Å². The Kier molecular flexibility index (Phi) is 9.67. The first-order valence-corrected chi connectivity index (χ1v) is 12.6. The lowest BCUT2D eigenvalue weighted by molar-refractivity contribution is -0.472. The van der Waals surface area contributed by atoms with E-state index in [1.165, 1.54) is 27.7 Å². The maximum atomic E-state index is 14.2. The Hall–Kier alpha value is -1.55. The van der Waals surface area contributed by atoms with Gasteiger partial charge >= 0.3 is 53.6 Å². The van der Waals surface area contributed by atoms with E-state index in [1.54, 1.807) is 0 Å². The van der Waals surface area contributed by atoms with Gasteiger partial charge in [-0.05, 0) is 17.1 Å². The minimum atomic E-state index is -9.00. The van der Waals surface area contributed by atoms with E-state index < -0.39 is 85.2 Å². The average Bonchev–Trinajstić information content (AvgIpc) is 2.70. The van der Waals surface area contributed by atoms with Crippen molar-refractivity contribution in [3.8, 4) is 12.0 Å². The van der Waals surface area contributed by atoms with E-state index >= 15 is 0 Å². The Balaban J connectivity index is 7.00. The lowest BCUT2D eigenvalue weighted by Crippen LogP contribution is -2.77. The molecule has 0 N–H and O–H groups in total. The normalized spacial score (nSPS) is 16.2. The summed E-state index contributed by atoms with van der Waals surface area (Å²) >= 11 is 0. The maximum absolute atomic E-state index is 14.2. The summed E-state index contributed by atoms with van der Waals surface area (Å²) in [5.74, 6) is -49.7. The molecule has 0 aromatic rings. The smallest absolute Gasteiger partial charge is 0.216 e. The molecule has 0 aliphatic rings. The Bertz CT molecular complexity index is 881. The van der Waals surface area contributed by atoms with Gasteiger partial charge in [-0.3, -0.25) is 0 Å². The Morgan fingerprint density at radius 3 is 1.05 bits per heavy atom. The van der Waals surface area contributed by atoms with Gasteiger partial charge in [0.15, 0.2) is 0 Å². The van der Waals surface area contributed by atoms with E-state index in [2.05, 4.69) is 0 Å². The third kappa shape index (κ3) is 5.06. The first-order valence-electron chi connectivity index (χ1n) is 10.2. The molecule has 0 saturated heterocycles. The molecule has 20 heteroatoms. The number of terminal acetylenes is 1. The second-order valence-corrected chi connectivity index (χ2v) is 14.4. The van der Waals surface area contributed by atoms with E-state index in [-0.39, 0.29) is 0 Å². The Morgan fingerprint density at radius 1 is 0.513 bits per heavy atom. The first-order chi connectivity index (χ1) is 16.7. The predicted molar refractivity (Wildman–Crippen MR) is 99.8 cm³/mol. The highest BCUT2D eigenvalue weighted by Gasteiger charge is 2.98. The third-order valence-electron chi connectivity index (χ3n) is 6.43. The molecule has 0 fully saturated rings. The minimum absolute atomic E-state index is 0.778. The van der Waals surface area contributed by atoms with Gasteiger partial charge in [-0.25, -0.2) is 4.39 Å². The summed E-state index contributed by atoms with van der Waals surface area (Å²) in [6, 6.07) is -1.29. The molecule has 0 aromatic carbocycles. The van der Waals surface area contributed by atoms with Crippen molar-refractivity contribution in [1.82, 2.24) is 0 Å². The molecule has 0 amide bonds. The zero-order valence-electron chi connectivity index (χ0n) is 19.8. The fourth-order valence-electron chi connectivity index (χ4n) is 3.72. The van der Waals surface area contributed by atoms with Gasteiger partial charge in [0, 0.05) is 6.42 Å². The summed E-state index contributed by atoms with van der Waals surface area (Å²) in [5, 5.41) is 0. The van der Waals surface area contributed by atoms with Crippen LogP contribution in [0.25, 0.3) is 0 Å². The van der Waals surface area contributed by atoms with Crippen molar-refractivity contribution in [3.05, 3.63) is 0 Å². The zero-order valence-corrected chi connectivity index (χ0v) is 20.8. The number of hydrogen-bond donors (Lipinski definition) is 0. The van der Waals surface area contributed by atoms with E-state index in [0.29, 0.717) is 0 Å². The van der Waals surface area contributed by atoms with E-state index in [4.69, 9.17) is 6.42 Å². The molecule has 0 nitrogen and oxygen atoms in total. The molecular weight excluding hydrogens is 617 g/mol. The molecule has 39 heavy (non-hydrogen) atoms. The summed E-state index contributed by atoms with van der Waals surface area (Å²) in [4.78, 5) is 0. The zero-order chi connectivity index (χ0) is 32.3. The second kappa shape index (κ2) is 10.1. The van der Waals surface area contributed by atoms with Crippen LogP contribution in [-0.4, -0.2) is 61.6 Å². The van der Waals surface area contributed by atoms with Crippen LogP contribution < -0.4 is 0 Å². The molecule has 0 heterocycles. The molecule has 0 bridgehead atoms. The minimum Gasteiger partial charge on any atom is -0.216 e. The number of halogens is 19. The number of hydrogen-bond acceptors (Lipinski definition) is 0. The molecule has 232 valence electrons. The van der Waals surface area contributed by atoms with Crippen molar-refractivity contribution in [2.75, 3.05) is 0 Å². The van der Waals surface area contributed by atoms with E-state index in [1.807, 2.05) is 5.54 Å². The van der Waals surface area contributed by atoms with Gasteiger partial charge in [-0.2, -0.15) is 79.0 Å². The topological polar surface area (TPSA) is 0 Å². The van der Waals surface area contributed by atoms with Crippen LogP contribution in [0.4, 0.5) is 83.4 Å². The van der Waals surface area contributed by atoms with Gasteiger partial charge in [-0.15, -0.1) is 12.0 Å². The summed E-state index contributed by atoms with van der Waals surface area (Å²) in [6.45, 7) is 5.10. The third-order valence-corrected chi connectivity index (χ3v) is 12.2. The molecule has 0 saturated carbocycles. The molecule has 0 aliphatic heterocycles. The van der Waals surface area contributed by atoms with Crippen LogP contribution in [0.1, 0.15) is 34.1 Å². The van der Waals surface area contributed by atoms with Gasteiger partial charge in [0.2, 0.25) is 0 Å². The van der Waals surface area contributed by atoms with Crippen LogP contribution in [0.3, 0.4) is 0 Å². The standard InChI is InChI=1S/C19H19F19Si/c1-6-39(9(2)3,10(4)5)8-7-11(20,21)13(23,24)15(27,28)17(31,32)16(29,30)14(25,26)12(22,18(33,34)35)19(36,37)38/h1,9-10H,7-8H2,2-5H3. The Morgan fingerprint density at radius 2 is 0.795 bits per heavy atom. The van der Waals surface area contributed by atoms with E-state index in [9.17, 15) is 83.4 Å². The summed E-state index contributed by atoms with van der Waals surface area (Å²) in [5.41, 5.74) is -8.25. The molecule has 0 radical (unpaired) electrons. The van der Waals surface area contributed by atoms with Crippen molar-refractivity contribution in [2.24, 2.45) is 0 Å². The molecule has 0 aliphatic carbocycles. The average molecular weight is 636 g/mol. The van der Waals surface area contributed by atoms with Crippen molar-refractivity contribution in [1.29, 1.82) is 0 Å². The van der Waals surface area contributed by atoms with Crippen LogP contribution in [0.2, 0.25) is 17.1 Å². The molecule has 0 unspecified atom stereocenters. The maximum Gasteiger partial charge on any atom is 0.438 e. The monoisotopic (exact) mass is 636 g/mol. The van der Waals surface area contributed by atoms with Crippen LogP contribution in [-0.2, 0) is 0 Å². The molecule has 0 spiro atoms. The SMILES string of the molecule is C#C[Si](CCC(F)(F)C(F)(F)C(F)(F)C(F)(F)C(F)(F)C(F)(F)C(F)(C(F)(F)F)C(F)(F)F)(C(C)C)C(C)C.